The van der Waals surface area contributed by atoms with Gasteiger partial charge in [0.1, 0.15) is 28.5 Å². The Kier molecular flexibility index (Phi) is 7.29. The van der Waals surface area contributed by atoms with Gasteiger partial charge in [-0.25, -0.2) is 8.78 Å². The van der Waals surface area contributed by atoms with Crippen molar-refractivity contribution in [2.45, 2.75) is 19.7 Å². The summed E-state index contributed by atoms with van der Waals surface area (Å²) < 4.78 is 34.1. The molecule has 0 saturated heterocycles. The smallest absolute Gasteiger partial charge is 0.269 e. The Labute approximate surface area is 158 Å². The Hall–Kier alpha value is -2.25. The third-order valence-corrected chi connectivity index (χ3v) is 4.33. The van der Waals surface area contributed by atoms with E-state index in [4.69, 9.17) is 4.74 Å². The third kappa shape index (κ3) is 4.89. The van der Waals surface area contributed by atoms with Gasteiger partial charge < -0.3 is 14.6 Å². The van der Waals surface area contributed by atoms with Crippen LogP contribution in [0.1, 0.15) is 11.3 Å². The van der Waals surface area contributed by atoms with Crippen LogP contribution in [0.4, 0.5) is 8.78 Å². The Morgan fingerprint density at radius 1 is 1.23 bits per heavy atom. The zero-order chi connectivity index (χ0) is 19.1. The van der Waals surface area contributed by atoms with E-state index in [1.807, 2.05) is 0 Å². The summed E-state index contributed by atoms with van der Waals surface area (Å²) in [5.41, 5.74) is 0.604. The van der Waals surface area contributed by atoms with Gasteiger partial charge in [-0.15, -0.1) is 13.2 Å². The summed E-state index contributed by atoms with van der Waals surface area (Å²) in [4.78, 5) is 12.6. The molecule has 138 valence electrons. The molecule has 0 amide bonds. The molecule has 0 aliphatic heterocycles. The summed E-state index contributed by atoms with van der Waals surface area (Å²) in [5.74, 6) is -1.07. The minimum absolute atomic E-state index is 0.130. The largest absolute Gasteiger partial charge is 0.487 e. The molecular formula is C19H19BrF2N2O2. The lowest BCUT2D eigenvalue weighted by atomic mass is 10.2. The topological polar surface area (TPSA) is 43.3 Å². The highest BCUT2D eigenvalue weighted by molar-refractivity contribution is 9.10. The van der Waals surface area contributed by atoms with Crippen molar-refractivity contribution < 1.29 is 13.5 Å². The molecule has 0 bridgehead atoms. The van der Waals surface area contributed by atoms with Gasteiger partial charge in [0.2, 0.25) is 0 Å². The molecule has 1 aromatic heterocycles. The number of allylic oxidation sites excluding steroid dienone is 1. The molecule has 1 N–H and O–H groups in total. The molecule has 1 heterocycles. The van der Waals surface area contributed by atoms with Gasteiger partial charge >= 0.3 is 0 Å². The van der Waals surface area contributed by atoms with E-state index in [2.05, 4.69) is 34.4 Å². The average molecular weight is 425 g/mol. The van der Waals surface area contributed by atoms with Gasteiger partial charge in [0.05, 0.1) is 0 Å². The summed E-state index contributed by atoms with van der Waals surface area (Å²) >= 11 is 3.24. The maximum atomic E-state index is 13.8. The fourth-order valence-corrected chi connectivity index (χ4v) is 2.77. The molecule has 7 heteroatoms. The summed E-state index contributed by atoms with van der Waals surface area (Å²) in [6.07, 6.45) is 3.34. The van der Waals surface area contributed by atoms with Crippen molar-refractivity contribution in [3.05, 3.63) is 87.3 Å². The van der Waals surface area contributed by atoms with Crippen LogP contribution in [-0.4, -0.2) is 11.1 Å². The van der Waals surface area contributed by atoms with E-state index in [0.717, 1.165) is 12.1 Å². The standard InChI is InChI=1S/C19H19BrF2N2O2/c1-3-7-23-11-15-10-17(18(20)19(25)24(15)8-4-2)26-12-13-5-6-14(21)9-16(13)22/h3-6,9-10,23H,1-2,7-8,11-12H2. The van der Waals surface area contributed by atoms with Crippen molar-refractivity contribution in [3.8, 4) is 5.75 Å². The van der Waals surface area contributed by atoms with E-state index in [9.17, 15) is 13.6 Å². The number of hydrogen-bond donors (Lipinski definition) is 1. The lowest BCUT2D eigenvalue weighted by molar-refractivity contribution is 0.295. The molecule has 0 aliphatic rings. The maximum absolute atomic E-state index is 13.8. The lowest BCUT2D eigenvalue weighted by Crippen LogP contribution is -2.27. The van der Waals surface area contributed by atoms with Gasteiger partial charge in [0, 0.05) is 43.0 Å². The van der Waals surface area contributed by atoms with Crippen molar-refractivity contribution in [2.75, 3.05) is 6.54 Å². The summed E-state index contributed by atoms with van der Waals surface area (Å²) in [6.45, 7) is 8.51. The van der Waals surface area contributed by atoms with Crippen LogP contribution < -0.4 is 15.6 Å². The summed E-state index contributed by atoms with van der Waals surface area (Å²) in [7, 11) is 0. The van der Waals surface area contributed by atoms with E-state index in [1.54, 1.807) is 22.8 Å². The van der Waals surface area contributed by atoms with Crippen molar-refractivity contribution >= 4 is 15.9 Å². The molecule has 2 aromatic rings. The predicted octanol–water partition coefficient (Wildman–Crippen LogP) is 3.93. The first-order valence-electron chi connectivity index (χ1n) is 7.89. The molecule has 4 nitrogen and oxygen atoms in total. The Morgan fingerprint density at radius 2 is 2.00 bits per heavy atom. The number of pyridine rings is 1. The minimum atomic E-state index is -0.700. The number of rotatable bonds is 9. The first kappa shape index (κ1) is 20.1. The number of benzene rings is 1. The monoisotopic (exact) mass is 424 g/mol. The summed E-state index contributed by atoms with van der Waals surface area (Å²) in [6, 6.07) is 4.96. The third-order valence-electron chi connectivity index (χ3n) is 3.60. The van der Waals surface area contributed by atoms with Gasteiger partial charge in [-0.3, -0.25) is 4.79 Å². The fourth-order valence-electron chi connectivity index (χ4n) is 2.32. The van der Waals surface area contributed by atoms with Crippen molar-refractivity contribution in [1.29, 1.82) is 0 Å². The van der Waals surface area contributed by atoms with Crippen LogP contribution >= 0.6 is 15.9 Å². The molecule has 1 aromatic carbocycles. The second-order valence-electron chi connectivity index (χ2n) is 5.46. The highest BCUT2D eigenvalue weighted by atomic mass is 79.9. The van der Waals surface area contributed by atoms with Gasteiger partial charge in [0.15, 0.2) is 0 Å². The summed E-state index contributed by atoms with van der Waals surface area (Å²) in [5, 5.41) is 3.13. The molecule has 0 saturated carbocycles. The molecule has 0 spiro atoms. The molecule has 0 radical (unpaired) electrons. The number of nitrogens with zero attached hydrogens (tertiary/aromatic N) is 1. The Bertz CT molecular complexity index is 865. The van der Waals surface area contributed by atoms with Gasteiger partial charge in [-0.2, -0.15) is 0 Å². The highest BCUT2D eigenvalue weighted by Crippen LogP contribution is 2.24. The first-order valence-corrected chi connectivity index (χ1v) is 8.68. The normalized spacial score (nSPS) is 10.6. The van der Waals surface area contributed by atoms with E-state index in [-0.39, 0.29) is 28.0 Å². The van der Waals surface area contributed by atoms with Gasteiger partial charge in [-0.1, -0.05) is 12.2 Å². The lowest BCUT2D eigenvalue weighted by Gasteiger charge is -2.16. The Balaban J connectivity index is 2.30. The van der Waals surface area contributed by atoms with Gasteiger partial charge in [0.25, 0.3) is 5.56 Å². The quantitative estimate of drug-likeness (QED) is 0.489. The second kappa shape index (κ2) is 9.45. The molecule has 0 fully saturated rings. The molecule has 0 atom stereocenters. The van der Waals surface area contributed by atoms with Crippen LogP contribution in [0.2, 0.25) is 0 Å². The number of nitrogens with one attached hydrogen (secondary N) is 1. The van der Waals surface area contributed by atoms with Crippen LogP contribution in [0.3, 0.4) is 0 Å². The minimum Gasteiger partial charge on any atom is -0.487 e. The van der Waals surface area contributed by atoms with Crippen LogP contribution in [-0.2, 0) is 19.7 Å². The van der Waals surface area contributed by atoms with Crippen LogP contribution in [0.15, 0.2) is 58.8 Å². The van der Waals surface area contributed by atoms with E-state index < -0.39 is 11.6 Å². The molecule has 0 aliphatic carbocycles. The zero-order valence-electron chi connectivity index (χ0n) is 14.1. The van der Waals surface area contributed by atoms with E-state index in [1.165, 1.54) is 6.07 Å². The predicted molar refractivity (Wildman–Crippen MR) is 101 cm³/mol. The SMILES string of the molecule is C=CCNCc1cc(OCc2ccc(F)cc2F)c(Br)c(=O)n1CC=C. The highest BCUT2D eigenvalue weighted by Gasteiger charge is 2.14. The second-order valence-corrected chi connectivity index (χ2v) is 6.26. The fraction of sp³-hybridized carbons (Fsp3) is 0.211. The Morgan fingerprint density at radius 3 is 2.65 bits per heavy atom. The molecular weight excluding hydrogens is 406 g/mol. The van der Waals surface area contributed by atoms with Crippen molar-refractivity contribution in [1.82, 2.24) is 9.88 Å². The number of aromatic nitrogens is 1. The number of hydrogen-bond acceptors (Lipinski definition) is 3. The van der Waals surface area contributed by atoms with E-state index >= 15 is 0 Å². The van der Waals surface area contributed by atoms with Crippen LogP contribution in [0, 0.1) is 11.6 Å². The molecule has 0 unspecified atom stereocenters. The van der Waals surface area contributed by atoms with Crippen molar-refractivity contribution in [2.24, 2.45) is 0 Å². The van der Waals surface area contributed by atoms with Gasteiger partial charge in [-0.05, 0) is 28.1 Å². The van der Waals surface area contributed by atoms with E-state index in [0.29, 0.717) is 25.3 Å². The molecule has 26 heavy (non-hydrogen) atoms. The maximum Gasteiger partial charge on any atom is 0.269 e. The van der Waals surface area contributed by atoms with Crippen molar-refractivity contribution in [3.63, 3.8) is 0 Å². The van der Waals surface area contributed by atoms with Crippen LogP contribution in [0.25, 0.3) is 0 Å². The van der Waals surface area contributed by atoms with Crippen LogP contribution in [0.5, 0.6) is 5.75 Å². The zero-order valence-corrected chi connectivity index (χ0v) is 15.7. The first-order chi connectivity index (χ1) is 12.5. The molecule has 2 rings (SSSR count). The number of ether oxygens (including phenoxy) is 1. The average Bonchev–Trinajstić information content (AvgIpc) is 2.61. The number of halogens is 3.